The van der Waals surface area contributed by atoms with Crippen molar-refractivity contribution in [1.82, 2.24) is 20.3 Å². The van der Waals surface area contributed by atoms with Gasteiger partial charge in [-0.1, -0.05) is 64.5 Å². The largest absolute Gasteiger partial charge is 0.404 e. The van der Waals surface area contributed by atoms with Gasteiger partial charge in [-0.25, -0.2) is 9.48 Å². The van der Waals surface area contributed by atoms with Crippen LogP contribution in [0.2, 0.25) is 0 Å². The van der Waals surface area contributed by atoms with Crippen LogP contribution in [0.4, 0.5) is 0 Å². The lowest BCUT2D eigenvalue weighted by Gasteiger charge is -2.19. The zero-order valence-corrected chi connectivity index (χ0v) is 20.0. The third kappa shape index (κ3) is 7.35. The average molecular weight is 429 g/mol. The van der Waals surface area contributed by atoms with Crippen molar-refractivity contribution < 1.29 is 14.2 Å². The third-order valence-corrected chi connectivity index (χ3v) is 5.20. The standard InChI is InChI=1S/C24H38N5O2/c1-16(2)12-22(23(30)17(3)4)29-15-20(26-27-29)14-28-11-9-8-10-19(7)13-21(24(28)31)25-18(5)6/h8-11,15-18,21-22,25H,12-14H2,1-7H3/q+1/b9-8-,19-10+,28-11?/t21-,22-/m0/s1. The first kappa shape index (κ1) is 24.9. The average Bonchev–Trinajstić information content (AvgIpc) is 3.15. The lowest BCUT2D eigenvalue weighted by atomic mass is 9.94. The number of rotatable bonds is 9. The first-order valence-corrected chi connectivity index (χ1v) is 11.3. The number of nitrogens with zero attached hydrogens (tertiary/aromatic N) is 4. The second-order valence-corrected chi connectivity index (χ2v) is 9.48. The number of allylic oxidation sites excluding steroid dienone is 3. The fourth-order valence-electron chi connectivity index (χ4n) is 3.69. The van der Waals surface area contributed by atoms with Crippen LogP contribution in [0.3, 0.4) is 0 Å². The van der Waals surface area contributed by atoms with Crippen LogP contribution in [0, 0.1) is 11.8 Å². The molecule has 0 aliphatic carbocycles. The van der Waals surface area contributed by atoms with E-state index in [9.17, 15) is 9.59 Å². The summed E-state index contributed by atoms with van der Waals surface area (Å²) in [7, 11) is 0. The number of ketones is 1. The van der Waals surface area contributed by atoms with Crippen LogP contribution in [0.5, 0.6) is 0 Å². The van der Waals surface area contributed by atoms with Gasteiger partial charge >= 0.3 is 5.91 Å². The van der Waals surface area contributed by atoms with Crippen molar-refractivity contribution in [3.63, 3.8) is 0 Å². The van der Waals surface area contributed by atoms with Crippen LogP contribution in [0.15, 0.2) is 30.0 Å². The molecule has 2 heterocycles. The van der Waals surface area contributed by atoms with E-state index in [1.54, 1.807) is 21.7 Å². The molecule has 1 aromatic rings. The maximum Gasteiger partial charge on any atom is 0.404 e. The van der Waals surface area contributed by atoms with E-state index < -0.39 is 0 Å². The summed E-state index contributed by atoms with van der Waals surface area (Å²) in [5.74, 6) is 0.436. The fraction of sp³-hybridized carbons (Fsp3) is 0.625. The molecule has 0 spiro atoms. The molecule has 2 rings (SSSR count). The van der Waals surface area contributed by atoms with Gasteiger partial charge in [-0.15, -0.1) is 5.10 Å². The molecule has 0 saturated heterocycles. The van der Waals surface area contributed by atoms with Crippen molar-refractivity contribution in [1.29, 1.82) is 0 Å². The molecule has 1 aliphatic rings. The van der Waals surface area contributed by atoms with Crippen molar-refractivity contribution in [2.75, 3.05) is 0 Å². The van der Waals surface area contributed by atoms with Crippen molar-refractivity contribution in [3.05, 3.63) is 35.7 Å². The molecule has 0 radical (unpaired) electrons. The molecule has 1 amide bonds. The second kappa shape index (κ2) is 11.3. The topological polar surface area (TPSA) is 79.9 Å². The number of amides is 1. The van der Waals surface area contributed by atoms with Gasteiger partial charge in [0.15, 0.2) is 18.5 Å². The van der Waals surface area contributed by atoms with Gasteiger partial charge in [0.05, 0.1) is 6.20 Å². The SMILES string of the molecule is C/C1=C\C=C/C=[N+](Cc2cn([C@@H](CC(C)C)C(=O)C(C)C)nn2)C(=O)[C@@H](NC(C)C)C1. The van der Waals surface area contributed by atoms with Gasteiger partial charge in [-0.3, -0.25) is 10.1 Å². The number of aromatic nitrogens is 3. The summed E-state index contributed by atoms with van der Waals surface area (Å²) >= 11 is 0. The van der Waals surface area contributed by atoms with Crippen LogP contribution < -0.4 is 5.32 Å². The first-order valence-electron chi connectivity index (χ1n) is 11.3. The minimum atomic E-state index is -0.335. The summed E-state index contributed by atoms with van der Waals surface area (Å²) in [5, 5.41) is 11.9. The molecule has 7 heteroatoms. The Labute approximate surface area is 186 Å². The summed E-state index contributed by atoms with van der Waals surface area (Å²) in [4.78, 5) is 26.0. The van der Waals surface area contributed by atoms with Crippen LogP contribution in [-0.2, 0) is 16.1 Å². The number of hydrogen-bond acceptors (Lipinski definition) is 5. The number of carbonyl (C=O) groups is 2. The Morgan fingerprint density at radius 3 is 2.55 bits per heavy atom. The van der Waals surface area contributed by atoms with Gasteiger partial charge in [0.2, 0.25) is 0 Å². The predicted octanol–water partition coefficient (Wildman–Crippen LogP) is 3.47. The Hall–Kier alpha value is -2.41. The lowest BCUT2D eigenvalue weighted by Crippen LogP contribution is -2.45. The van der Waals surface area contributed by atoms with Crippen molar-refractivity contribution in [3.8, 4) is 0 Å². The van der Waals surface area contributed by atoms with Crippen molar-refractivity contribution in [2.24, 2.45) is 11.8 Å². The number of hydrogen-bond donors (Lipinski definition) is 1. The van der Waals surface area contributed by atoms with Gasteiger partial charge in [-0.05, 0) is 25.7 Å². The van der Waals surface area contributed by atoms with E-state index in [1.807, 2.05) is 52.8 Å². The molecule has 0 fully saturated rings. The van der Waals surface area contributed by atoms with Gasteiger partial charge in [-0.2, -0.15) is 4.58 Å². The Balaban J connectivity index is 2.28. The summed E-state index contributed by atoms with van der Waals surface area (Å²) in [6.07, 6.45) is 10.8. The van der Waals surface area contributed by atoms with Gasteiger partial charge < -0.3 is 0 Å². The first-order chi connectivity index (χ1) is 14.6. The molecule has 7 nitrogen and oxygen atoms in total. The Morgan fingerprint density at radius 2 is 1.94 bits per heavy atom. The van der Waals surface area contributed by atoms with Gasteiger partial charge in [0, 0.05) is 18.0 Å². The van der Waals surface area contributed by atoms with E-state index in [4.69, 9.17) is 0 Å². The maximum absolute atomic E-state index is 13.3. The summed E-state index contributed by atoms with van der Waals surface area (Å²) in [6, 6.07) is -0.450. The van der Waals surface area contributed by atoms with Gasteiger partial charge in [0.1, 0.15) is 17.8 Å². The molecule has 170 valence electrons. The molecule has 2 atom stereocenters. The second-order valence-electron chi connectivity index (χ2n) is 9.48. The quantitative estimate of drug-likeness (QED) is 0.609. The van der Waals surface area contributed by atoms with E-state index in [0.717, 1.165) is 5.57 Å². The number of carbonyl (C=O) groups excluding carboxylic acids is 2. The molecule has 0 bridgehead atoms. The monoisotopic (exact) mass is 428 g/mol. The molecule has 1 N–H and O–H groups in total. The van der Waals surface area contributed by atoms with Crippen molar-refractivity contribution in [2.45, 2.75) is 86.0 Å². The zero-order valence-electron chi connectivity index (χ0n) is 20.0. The number of nitrogens with one attached hydrogen (secondary N) is 1. The minimum Gasteiger partial charge on any atom is -0.299 e. The molecule has 0 saturated carbocycles. The van der Waals surface area contributed by atoms with Crippen LogP contribution in [0.25, 0.3) is 0 Å². The predicted molar refractivity (Wildman–Crippen MR) is 123 cm³/mol. The lowest BCUT2D eigenvalue weighted by molar-refractivity contribution is -0.462. The third-order valence-electron chi connectivity index (χ3n) is 5.20. The Kier molecular flexibility index (Phi) is 9.04. The summed E-state index contributed by atoms with van der Waals surface area (Å²) < 4.78 is 3.35. The Morgan fingerprint density at radius 1 is 1.23 bits per heavy atom. The maximum atomic E-state index is 13.3. The van der Waals surface area contributed by atoms with E-state index in [1.165, 1.54) is 0 Å². The molecule has 31 heavy (non-hydrogen) atoms. The molecular weight excluding hydrogens is 390 g/mol. The highest BCUT2D eigenvalue weighted by molar-refractivity contribution is 5.84. The summed E-state index contributed by atoms with van der Waals surface area (Å²) in [6.45, 7) is 14.4. The normalized spacial score (nSPS) is 21.4. The highest BCUT2D eigenvalue weighted by Crippen LogP contribution is 2.21. The van der Waals surface area contributed by atoms with Gasteiger partial charge in [0.25, 0.3) is 0 Å². The smallest absolute Gasteiger partial charge is 0.299 e. The minimum absolute atomic E-state index is 0.000429. The highest BCUT2D eigenvalue weighted by Gasteiger charge is 2.31. The van der Waals surface area contributed by atoms with E-state index in [0.29, 0.717) is 31.0 Å². The van der Waals surface area contributed by atoms with E-state index in [-0.39, 0.29) is 35.7 Å². The molecule has 0 unspecified atom stereocenters. The van der Waals surface area contributed by atoms with E-state index in [2.05, 4.69) is 29.5 Å². The molecule has 0 aromatic carbocycles. The van der Waals surface area contributed by atoms with Crippen LogP contribution in [0.1, 0.15) is 73.0 Å². The molecular formula is C24H38N5O2+. The van der Waals surface area contributed by atoms with Crippen molar-refractivity contribution >= 4 is 17.9 Å². The van der Waals surface area contributed by atoms with Crippen LogP contribution in [-0.4, -0.2) is 49.6 Å². The zero-order chi connectivity index (χ0) is 23.1. The summed E-state index contributed by atoms with van der Waals surface area (Å²) in [5.41, 5.74) is 1.81. The molecule has 1 aliphatic heterocycles. The number of Topliss-reactive ketones (excluding diaryl/α,β-unsaturated/α-hetero) is 1. The molecule has 1 aromatic heterocycles. The highest BCUT2D eigenvalue weighted by atomic mass is 16.2. The Bertz CT molecular complexity index is 861. The fourth-order valence-corrected chi connectivity index (χ4v) is 3.69. The van der Waals surface area contributed by atoms with Crippen LogP contribution >= 0.6 is 0 Å². The van der Waals surface area contributed by atoms with E-state index >= 15 is 0 Å².